The van der Waals surface area contributed by atoms with Crippen LogP contribution >= 0.6 is 11.6 Å². The summed E-state index contributed by atoms with van der Waals surface area (Å²) in [5.41, 5.74) is -0.437. The molecule has 1 atom stereocenters. The average Bonchev–Trinajstić information content (AvgIpc) is 2.56. The summed E-state index contributed by atoms with van der Waals surface area (Å²) in [6.07, 6.45) is -0.187. The smallest absolute Gasteiger partial charge is 0.272 e. The maximum absolute atomic E-state index is 12.5. The Morgan fingerprint density at radius 2 is 1.88 bits per heavy atom. The number of nitrogens with one attached hydrogen (secondary N) is 1. The molecule has 0 radical (unpaired) electrons. The number of hydroxylamine groups is 1. The minimum atomic E-state index is -4.52. The van der Waals surface area contributed by atoms with E-state index in [9.17, 15) is 18.3 Å². The number of nitrogens with zero attached hydrogens (tertiary/aromatic N) is 1. The minimum absolute atomic E-state index is 0.0911. The zero-order valence-corrected chi connectivity index (χ0v) is 16.8. The number of rotatable bonds is 10. The number of halogens is 1. The Kier molecular flexibility index (Phi) is 8.94. The average molecular weight is 409 g/mol. The predicted octanol–water partition coefficient (Wildman–Crippen LogP) is 1.75. The van der Waals surface area contributed by atoms with Crippen molar-refractivity contribution in [3.63, 3.8) is 0 Å². The van der Waals surface area contributed by atoms with Crippen molar-refractivity contribution in [2.45, 2.75) is 39.2 Å². The lowest BCUT2D eigenvalue weighted by atomic mass is 10.1. The zero-order chi connectivity index (χ0) is 19.9. The minimum Gasteiger partial charge on any atom is -0.368 e. The number of sulfonamides is 1. The lowest BCUT2D eigenvalue weighted by Crippen LogP contribution is -2.46. The molecular weight excluding hydrogens is 384 g/mol. The first kappa shape index (κ1) is 22.8. The van der Waals surface area contributed by atoms with E-state index in [4.69, 9.17) is 21.2 Å². The molecule has 1 aromatic rings. The van der Waals surface area contributed by atoms with E-state index < -0.39 is 21.4 Å². The standard InChI is InChI=1S/C16H25ClN2O6S/c1-11(2)24-10-25-19(9-8-17)26(22,23)16(21)15(20)18-14-12(3)6-5-7-13(14)4/h5-7,11,16,21H,8-10H2,1-4H3,(H,18,20). The molecular formula is C16H25ClN2O6S. The van der Waals surface area contributed by atoms with Crippen LogP contribution in [0, 0.1) is 13.8 Å². The Balaban J connectivity index is 2.91. The van der Waals surface area contributed by atoms with E-state index in [1.54, 1.807) is 45.9 Å². The molecule has 0 aromatic heterocycles. The molecule has 1 amide bonds. The monoisotopic (exact) mass is 408 g/mol. The van der Waals surface area contributed by atoms with Crippen molar-refractivity contribution in [3.05, 3.63) is 29.3 Å². The van der Waals surface area contributed by atoms with E-state index >= 15 is 0 Å². The Morgan fingerprint density at radius 1 is 1.31 bits per heavy atom. The van der Waals surface area contributed by atoms with Crippen LogP contribution < -0.4 is 5.32 Å². The highest BCUT2D eigenvalue weighted by Gasteiger charge is 2.37. The molecule has 0 aliphatic rings. The first-order chi connectivity index (χ1) is 12.1. The van der Waals surface area contributed by atoms with E-state index in [1.807, 2.05) is 0 Å². The van der Waals surface area contributed by atoms with Crippen LogP contribution in [0.4, 0.5) is 5.69 Å². The second kappa shape index (κ2) is 10.2. The molecule has 0 aliphatic heterocycles. The highest BCUT2D eigenvalue weighted by atomic mass is 35.5. The summed E-state index contributed by atoms with van der Waals surface area (Å²) in [6.45, 7) is 6.40. The molecule has 26 heavy (non-hydrogen) atoms. The first-order valence-corrected chi connectivity index (χ1v) is 10.0. The number of ether oxygens (including phenoxy) is 1. The summed E-state index contributed by atoms with van der Waals surface area (Å²) in [5.74, 6) is -1.18. The summed E-state index contributed by atoms with van der Waals surface area (Å²) in [7, 11) is -4.52. The third-order valence-electron chi connectivity index (χ3n) is 3.38. The van der Waals surface area contributed by atoms with Gasteiger partial charge >= 0.3 is 0 Å². The van der Waals surface area contributed by atoms with Gasteiger partial charge in [0.2, 0.25) is 0 Å². The molecule has 1 aromatic carbocycles. The molecule has 0 saturated heterocycles. The normalized spacial score (nSPS) is 13.2. The molecule has 0 fully saturated rings. The van der Waals surface area contributed by atoms with Gasteiger partial charge in [-0.3, -0.25) is 9.63 Å². The summed E-state index contributed by atoms with van der Waals surface area (Å²) < 4.78 is 30.5. The largest absolute Gasteiger partial charge is 0.368 e. The number of carbonyl (C=O) groups excluding carboxylic acids is 1. The molecule has 1 rings (SSSR count). The van der Waals surface area contributed by atoms with Gasteiger partial charge in [-0.05, 0) is 38.8 Å². The molecule has 8 nitrogen and oxygen atoms in total. The van der Waals surface area contributed by atoms with Crippen LogP contribution in [-0.4, -0.2) is 54.7 Å². The molecule has 2 N–H and O–H groups in total. The van der Waals surface area contributed by atoms with Crippen LogP contribution in [0.15, 0.2) is 18.2 Å². The quantitative estimate of drug-likeness (QED) is 0.347. The number of benzene rings is 1. The number of carbonyl (C=O) groups is 1. The van der Waals surface area contributed by atoms with Gasteiger partial charge in [-0.25, -0.2) is 8.42 Å². The van der Waals surface area contributed by atoms with Gasteiger partial charge in [0.15, 0.2) is 6.79 Å². The summed E-state index contributed by atoms with van der Waals surface area (Å²) >= 11 is 5.59. The number of aliphatic hydroxyl groups excluding tert-OH is 1. The summed E-state index contributed by atoms with van der Waals surface area (Å²) in [6, 6.07) is 5.32. The van der Waals surface area contributed by atoms with Crippen molar-refractivity contribution < 1.29 is 27.9 Å². The SMILES string of the molecule is Cc1cccc(C)c1NC(=O)C(O)S(=O)(=O)N(CCCl)OCOC(C)C. The molecule has 10 heteroatoms. The number of anilines is 1. The Bertz CT molecular complexity index is 690. The van der Waals surface area contributed by atoms with Gasteiger partial charge in [0.1, 0.15) is 0 Å². The van der Waals surface area contributed by atoms with Crippen molar-refractivity contribution >= 4 is 33.2 Å². The molecule has 148 valence electrons. The molecule has 0 heterocycles. The lowest BCUT2D eigenvalue weighted by Gasteiger charge is -2.24. The Morgan fingerprint density at radius 3 is 2.38 bits per heavy atom. The molecule has 0 bridgehead atoms. The third-order valence-corrected chi connectivity index (χ3v) is 5.19. The highest BCUT2D eigenvalue weighted by molar-refractivity contribution is 7.90. The van der Waals surface area contributed by atoms with E-state index in [2.05, 4.69) is 5.32 Å². The van der Waals surface area contributed by atoms with Gasteiger partial charge in [0.05, 0.1) is 12.6 Å². The molecule has 0 spiro atoms. The van der Waals surface area contributed by atoms with Gasteiger partial charge in [0.25, 0.3) is 21.4 Å². The lowest BCUT2D eigenvalue weighted by molar-refractivity contribution is -0.184. The van der Waals surface area contributed by atoms with E-state index in [0.717, 1.165) is 11.1 Å². The molecule has 1 unspecified atom stereocenters. The van der Waals surface area contributed by atoms with Crippen molar-refractivity contribution in [2.24, 2.45) is 0 Å². The van der Waals surface area contributed by atoms with E-state index in [1.165, 1.54) is 0 Å². The number of hydrogen-bond acceptors (Lipinski definition) is 6. The number of hydrogen-bond donors (Lipinski definition) is 2. The maximum atomic E-state index is 12.5. The van der Waals surface area contributed by atoms with Crippen molar-refractivity contribution in [1.29, 1.82) is 0 Å². The summed E-state index contributed by atoms with van der Waals surface area (Å²) in [4.78, 5) is 17.3. The fourth-order valence-corrected chi connectivity index (χ4v) is 3.34. The number of aliphatic hydroxyl groups is 1. The fraction of sp³-hybridized carbons (Fsp3) is 0.562. The Labute approximate surface area is 159 Å². The van der Waals surface area contributed by atoms with Gasteiger partial charge in [0, 0.05) is 11.6 Å². The second-order valence-corrected chi connectivity index (χ2v) is 8.09. The van der Waals surface area contributed by atoms with Crippen LogP contribution in [0.2, 0.25) is 0 Å². The number of para-hydroxylation sites is 1. The number of alkyl halides is 1. The highest BCUT2D eigenvalue weighted by Crippen LogP contribution is 2.20. The van der Waals surface area contributed by atoms with Crippen LogP contribution in [-0.2, 0) is 24.4 Å². The van der Waals surface area contributed by atoms with Crippen LogP contribution in [0.25, 0.3) is 0 Å². The van der Waals surface area contributed by atoms with Crippen LogP contribution in [0.5, 0.6) is 0 Å². The van der Waals surface area contributed by atoms with Gasteiger partial charge < -0.3 is 15.2 Å². The summed E-state index contributed by atoms with van der Waals surface area (Å²) in [5, 5.41) is 12.5. The van der Waals surface area contributed by atoms with Crippen molar-refractivity contribution in [1.82, 2.24) is 4.47 Å². The second-order valence-electron chi connectivity index (χ2n) is 5.83. The van der Waals surface area contributed by atoms with E-state index in [-0.39, 0.29) is 25.3 Å². The third kappa shape index (κ3) is 6.19. The van der Waals surface area contributed by atoms with E-state index in [0.29, 0.717) is 10.2 Å². The first-order valence-electron chi connectivity index (χ1n) is 7.98. The van der Waals surface area contributed by atoms with Crippen LogP contribution in [0.1, 0.15) is 25.0 Å². The van der Waals surface area contributed by atoms with Crippen LogP contribution in [0.3, 0.4) is 0 Å². The van der Waals surface area contributed by atoms with Gasteiger partial charge in [-0.1, -0.05) is 22.7 Å². The van der Waals surface area contributed by atoms with Crippen molar-refractivity contribution in [3.8, 4) is 0 Å². The van der Waals surface area contributed by atoms with Gasteiger partial charge in [-0.15, -0.1) is 11.6 Å². The fourth-order valence-electron chi connectivity index (χ4n) is 2.00. The zero-order valence-electron chi connectivity index (χ0n) is 15.2. The van der Waals surface area contributed by atoms with Gasteiger partial charge in [-0.2, -0.15) is 0 Å². The maximum Gasteiger partial charge on any atom is 0.272 e. The Hall–Kier alpha value is -1.23. The topological polar surface area (TPSA) is 105 Å². The number of amides is 1. The predicted molar refractivity (Wildman–Crippen MR) is 99.1 cm³/mol. The number of aryl methyl sites for hydroxylation is 2. The van der Waals surface area contributed by atoms with Crippen molar-refractivity contribution in [2.75, 3.05) is 24.5 Å². The molecule has 0 aliphatic carbocycles. The molecule has 0 saturated carbocycles.